The van der Waals surface area contributed by atoms with Gasteiger partial charge in [-0.25, -0.2) is 4.98 Å². The number of anilines is 1. The third-order valence-electron chi connectivity index (χ3n) is 3.52. The van der Waals surface area contributed by atoms with E-state index in [9.17, 15) is 4.79 Å². The van der Waals surface area contributed by atoms with Crippen molar-refractivity contribution in [2.75, 3.05) is 5.32 Å². The Morgan fingerprint density at radius 2 is 2.04 bits per heavy atom. The number of nitrogens with zero attached hydrogens (tertiary/aromatic N) is 4. The maximum absolute atomic E-state index is 12.4. The number of aromatic nitrogens is 5. The van der Waals surface area contributed by atoms with Crippen molar-refractivity contribution in [2.24, 2.45) is 0 Å². The molecule has 0 aliphatic rings. The third kappa shape index (κ3) is 3.19. The largest absolute Gasteiger partial charge is 0.305 e. The van der Waals surface area contributed by atoms with Gasteiger partial charge in [-0.3, -0.25) is 9.89 Å². The highest BCUT2D eigenvalue weighted by Crippen LogP contribution is 2.26. The van der Waals surface area contributed by atoms with Crippen molar-refractivity contribution in [2.45, 2.75) is 33.1 Å². The van der Waals surface area contributed by atoms with Crippen LogP contribution in [0, 0.1) is 6.92 Å². The van der Waals surface area contributed by atoms with Crippen LogP contribution in [-0.4, -0.2) is 30.9 Å². The molecule has 0 saturated heterocycles. The first-order valence-corrected chi connectivity index (χ1v) is 7.70. The van der Waals surface area contributed by atoms with Gasteiger partial charge in [-0.05, 0) is 25.1 Å². The highest BCUT2D eigenvalue weighted by atomic mass is 16.2. The Bertz CT molecular complexity index is 857. The molecule has 7 heteroatoms. The molecule has 7 nitrogen and oxygen atoms in total. The summed E-state index contributed by atoms with van der Waals surface area (Å²) in [5, 5.41) is 14.2. The van der Waals surface area contributed by atoms with Gasteiger partial charge in [0.2, 0.25) is 0 Å². The smallest absolute Gasteiger partial charge is 0.277 e. The van der Waals surface area contributed by atoms with E-state index in [1.54, 1.807) is 16.9 Å². The lowest BCUT2D eigenvalue weighted by Crippen LogP contribution is -2.16. The van der Waals surface area contributed by atoms with Gasteiger partial charge in [0.15, 0.2) is 11.5 Å². The molecule has 2 N–H and O–H groups in total. The van der Waals surface area contributed by atoms with Crippen LogP contribution in [0.5, 0.6) is 0 Å². The molecule has 0 fully saturated rings. The average Bonchev–Trinajstić information content (AvgIpc) is 3.14. The first-order chi connectivity index (χ1) is 11.3. The highest BCUT2D eigenvalue weighted by molar-refractivity contribution is 6.02. The van der Waals surface area contributed by atoms with Crippen molar-refractivity contribution >= 4 is 11.7 Å². The summed E-state index contributed by atoms with van der Waals surface area (Å²) in [6.07, 6.45) is 1.69. The predicted octanol–water partition coefficient (Wildman–Crippen LogP) is 2.85. The lowest BCUT2D eigenvalue weighted by Gasteiger charge is -2.13. The minimum atomic E-state index is -0.295. The van der Waals surface area contributed by atoms with Crippen LogP contribution in [0.2, 0.25) is 0 Å². The first kappa shape index (κ1) is 15.9. The van der Waals surface area contributed by atoms with Gasteiger partial charge in [0.1, 0.15) is 5.82 Å². The summed E-state index contributed by atoms with van der Waals surface area (Å²) < 4.78 is 1.64. The first-order valence-electron chi connectivity index (χ1n) is 7.70. The molecular weight excluding hydrogens is 304 g/mol. The Morgan fingerprint density at radius 3 is 2.62 bits per heavy atom. The second-order valence-electron chi connectivity index (χ2n) is 6.65. The van der Waals surface area contributed by atoms with Crippen molar-refractivity contribution in [1.82, 2.24) is 25.0 Å². The fourth-order valence-electron chi connectivity index (χ4n) is 2.21. The maximum Gasteiger partial charge on any atom is 0.277 e. The molecule has 3 rings (SSSR count). The van der Waals surface area contributed by atoms with Gasteiger partial charge in [0.25, 0.3) is 5.91 Å². The molecule has 24 heavy (non-hydrogen) atoms. The van der Waals surface area contributed by atoms with Gasteiger partial charge in [-0.1, -0.05) is 26.8 Å². The Morgan fingerprint density at radius 1 is 1.25 bits per heavy atom. The fraction of sp³-hybridized carbons (Fsp3) is 0.294. The molecule has 3 aromatic heterocycles. The van der Waals surface area contributed by atoms with Crippen molar-refractivity contribution in [3.8, 4) is 5.82 Å². The van der Waals surface area contributed by atoms with Gasteiger partial charge in [-0.2, -0.15) is 14.9 Å². The number of carbonyl (C=O) groups is 1. The number of rotatable bonds is 3. The van der Waals surface area contributed by atoms with Crippen LogP contribution in [-0.2, 0) is 5.41 Å². The lowest BCUT2D eigenvalue weighted by atomic mass is 9.92. The van der Waals surface area contributed by atoms with Crippen molar-refractivity contribution in [3.05, 3.63) is 53.6 Å². The van der Waals surface area contributed by atoms with Gasteiger partial charge in [-0.15, -0.1) is 0 Å². The van der Waals surface area contributed by atoms with Gasteiger partial charge in [0.05, 0.1) is 5.69 Å². The Kier molecular flexibility index (Phi) is 3.92. The van der Waals surface area contributed by atoms with E-state index in [0.29, 0.717) is 17.3 Å². The number of amides is 1. The van der Waals surface area contributed by atoms with Crippen LogP contribution < -0.4 is 5.32 Å². The SMILES string of the molecule is Cc1cc(C(=O)Nc2cc(C(C)(C)C)nn2-c2ccccn2)n[nH]1. The van der Waals surface area contributed by atoms with Crippen molar-refractivity contribution in [1.29, 1.82) is 0 Å². The second kappa shape index (κ2) is 5.92. The summed E-state index contributed by atoms with van der Waals surface area (Å²) in [6, 6.07) is 9.12. The minimum Gasteiger partial charge on any atom is -0.305 e. The van der Waals surface area contributed by atoms with Crippen LogP contribution in [0.3, 0.4) is 0 Å². The molecule has 0 spiro atoms. The molecule has 0 aromatic carbocycles. The van der Waals surface area contributed by atoms with Gasteiger partial charge >= 0.3 is 0 Å². The highest BCUT2D eigenvalue weighted by Gasteiger charge is 2.22. The van der Waals surface area contributed by atoms with Gasteiger partial charge < -0.3 is 5.32 Å². The molecule has 0 radical (unpaired) electrons. The van der Waals surface area contributed by atoms with E-state index >= 15 is 0 Å². The summed E-state index contributed by atoms with van der Waals surface area (Å²) in [5.74, 6) is 0.905. The van der Waals surface area contributed by atoms with E-state index in [-0.39, 0.29) is 11.3 Å². The lowest BCUT2D eigenvalue weighted by molar-refractivity contribution is 0.102. The van der Waals surface area contributed by atoms with Crippen molar-refractivity contribution < 1.29 is 4.79 Å². The zero-order valence-corrected chi connectivity index (χ0v) is 14.2. The number of pyridine rings is 1. The molecule has 1 amide bonds. The molecule has 3 aromatic rings. The number of carbonyl (C=O) groups excluding carboxylic acids is 1. The Hall–Kier alpha value is -2.96. The maximum atomic E-state index is 12.4. The molecule has 0 atom stereocenters. The zero-order chi connectivity index (χ0) is 17.3. The number of H-pyrrole nitrogens is 1. The van der Waals surface area contributed by atoms with E-state index in [1.807, 2.05) is 31.2 Å². The van der Waals surface area contributed by atoms with Crippen molar-refractivity contribution in [3.63, 3.8) is 0 Å². The number of hydrogen-bond acceptors (Lipinski definition) is 4. The third-order valence-corrected chi connectivity index (χ3v) is 3.52. The van der Waals surface area contributed by atoms with Crippen LogP contribution in [0.15, 0.2) is 36.5 Å². The number of aryl methyl sites for hydroxylation is 1. The van der Waals surface area contributed by atoms with Crippen LogP contribution >= 0.6 is 0 Å². The summed E-state index contributed by atoms with van der Waals surface area (Å²) in [7, 11) is 0. The summed E-state index contributed by atoms with van der Waals surface area (Å²) in [4.78, 5) is 16.7. The molecule has 3 heterocycles. The molecule has 0 saturated carbocycles. The summed E-state index contributed by atoms with van der Waals surface area (Å²) >= 11 is 0. The second-order valence-corrected chi connectivity index (χ2v) is 6.65. The number of nitrogens with one attached hydrogen (secondary N) is 2. The average molecular weight is 324 g/mol. The number of hydrogen-bond donors (Lipinski definition) is 2. The van der Waals surface area contributed by atoms with Crippen LogP contribution in [0.25, 0.3) is 5.82 Å². The predicted molar refractivity (Wildman–Crippen MR) is 91.3 cm³/mol. The Labute approximate surface area is 140 Å². The number of aromatic amines is 1. The standard InChI is InChI=1S/C17H20N6O/c1-11-9-12(21-20-11)16(24)19-15-10-13(17(2,3)4)22-23(15)14-7-5-6-8-18-14/h5-10H,1-4H3,(H,19,24)(H,20,21). The van der Waals surface area contributed by atoms with Gasteiger partial charge in [0, 0.05) is 23.4 Å². The molecular formula is C17H20N6O. The van der Waals surface area contributed by atoms with E-state index in [2.05, 4.69) is 46.4 Å². The molecule has 0 aliphatic carbocycles. The van der Waals surface area contributed by atoms with E-state index in [4.69, 9.17) is 0 Å². The van der Waals surface area contributed by atoms with Crippen LogP contribution in [0.1, 0.15) is 42.6 Å². The normalized spacial score (nSPS) is 11.5. The zero-order valence-electron chi connectivity index (χ0n) is 14.2. The summed E-state index contributed by atoms with van der Waals surface area (Å²) in [6.45, 7) is 8.06. The monoisotopic (exact) mass is 324 g/mol. The molecule has 0 aliphatic heterocycles. The summed E-state index contributed by atoms with van der Waals surface area (Å²) in [5.41, 5.74) is 1.87. The van der Waals surface area contributed by atoms with Crippen LogP contribution in [0.4, 0.5) is 5.82 Å². The van der Waals surface area contributed by atoms with E-state index in [0.717, 1.165) is 11.4 Å². The minimum absolute atomic E-state index is 0.150. The quantitative estimate of drug-likeness (QED) is 0.775. The van der Waals surface area contributed by atoms with E-state index in [1.165, 1.54) is 0 Å². The Balaban J connectivity index is 1.99. The van der Waals surface area contributed by atoms with E-state index < -0.39 is 0 Å². The molecule has 124 valence electrons. The topological polar surface area (TPSA) is 88.5 Å². The molecule has 0 bridgehead atoms. The fourth-order valence-corrected chi connectivity index (χ4v) is 2.21. The molecule has 0 unspecified atom stereocenters.